The number of nitrogens with zero attached hydrogens (tertiary/aromatic N) is 2. The van der Waals surface area contributed by atoms with Gasteiger partial charge in [0, 0.05) is 7.11 Å². The molecule has 0 aliphatic carbocycles. The lowest BCUT2D eigenvalue weighted by atomic mass is 10.2. The molecule has 0 amide bonds. The van der Waals surface area contributed by atoms with E-state index in [-0.39, 0.29) is 23.9 Å². The van der Waals surface area contributed by atoms with Gasteiger partial charge >= 0.3 is 11.7 Å². The SMILES string of the molecule is COCCn1c(=O)n(CC2COc3ccccc3O2)c2cc(C(=O)O)ccc21. The number of imidazole rings is 1. The molecular formula is C20H20N2O6. The van der Waals surface area contributed by atoms with Gasteiger partial charge in [0.1, 0.15) is 6.61 Å². The molecule has 2 aromatic carbocycles. The molecule has 0 spiro atoms. The Kier molecular flexibility index (Phi) is 4.79. The Morgan fingerprint density at radius 3 is 2.71 bits per heavy atom. The first kappa shape index (κ1) is 18.1. The van der Waals surface area contributed by atoms with E-state index in [1.54, 1.807) is 22.3 Å². The Morgan fingerprint density at radius 2 is 1.96 bits per heavy atom. The second-order valence-corrected chi connectivity index (χ2v) is 6.54. The predicted octanol–water partition coefficient (Wildman–Crippen LogP) is 1.99. The molecule has 1 N–H and O–H groups in total. The Labute approximate surface area is 160 Å². The highest BCUT2D eigenvalue weighted by atomic mass is 16.6. The Hall–Kier alpha value is -3.26. The number of para-hydroxylation sites is 2. The lowest BCUT2D eigenvalue weighted by molar-refractivity contribution is 0.0697. The van der Waals surface area contributed by atoms with Gasteiger partial charge in [0.15, 0.2) is 17.6 Å². The summed E-state index contributed by atoms with van der Waals surface area (Å²) in [6.45, 7) is 1.28. The summed E-state index contributed by atoms with van der Waals surface area (Å²) < 4.78 is 19.9. The molecule has 1 aliphatic heterocycles. The van der Waals surface area contributed by atoms with Crippen LogP contribution in [0, 0.1) is 0 Å². The number of carbonyl (C=O) groups is 1. The number of aromatic nitrogens is 2. The number of rotatable bonds is 6. The van der Waals surface area contributed by atoms with Crippen LogP contribution in [-0.4, -0.2) is 46.6 Å². The van der Waals surface area contributed by atoms with Crippen molar-refractivity contribution in [2.75, 3.05) is 20.3 Å². The summed E-state index contributed by atoms with van der Waals surface area (Å²) in [6.07, 6.45) is -0.373. The van der Waals surface area contributed by atoms with Crippen LogP contribution in [0.5, 0.6) is 11.5 Å². The number of methoxy groups -OCH3 is 1. The number of hydrogen-bond acceptors (Lipinski definition) is 5. The Morgan fingerprint density at radius 1 is 1.18 bits per heavy atom. The molecule has 1 atom stereocenters. The van der Waals surface area contributed by atoms with Crippen LogP contribution < -0.4 is 15.2 Å². The summed E-state index contributed by atoms with van der Waals surface area (Å²) in [5.74, 6) is 0.250. The molecule has 4 rings (SSSR count). The van der Waals surface area contributed by atoms with Crippen LogP contribution >= 0.6 is 0 Å². The maximum absolute atomic E-state index is 13.0. The lowest BCUT2D eigenvalue weighted by Crippen LogP contribution is -2.37. The summed E-state index contributed by atoms with van der Waals surface area (Å²) in [4.78, 5) is 24.4. The molecule has 8 heteroatoms. The quantitative estimate of drug-likeness (QED) is 0.699. The molecule has 146 valence electrons. The number of ether oxygens (including phenoxy) is 3. The van der Waals surface area contributed by atoms with E-state index in [1.165, 1.54) is 12.1 Å². The normalized spacial score (nSPS) is 15.7. The summed E-state index contributed by atoms with van der Waals surface area (Å²) in [6, 6.07) is 12.0. The van der Waals surface area contributed by atoms with Gasteiger partial charge in [0.2, 0.25) is 0 Å². The third-order valence-corrected chi connectivity index (χ3v) is 4.74. The second-order valence-electron chi connectivity index (χ2n) is 6.54. The van der Waals surface area contributed by atoms with Crippen molar-refractivity contribution in [3.8, 4) is 11.5 Å². The zero-order valence-electron chi connectivity index (χ0n) is 15.3. The van der Waals surface area contributed by atoms with Crippen molar-refractivity contribution in [2.45, 2.75) is 19.2 Å². The van der Waals surface area contributed by atoms with E-state index in [0.717, 1.165) is 0 Å². The average molecular weight is 384 g/mol. The van der Waals surface area contributed by atoms with E-state index in [0.29, 0.717) is 42.3 Å². The van der Waals surface area contributed by atoms with Crippen LogP contribution in [0.25, 0.3) is 11.0 Å². The van der Waals surface area contributed by atoms with Gasteiger partial charge in [-0.15, -0.1) is 0 Å². The van der Waals surface area contributed by atoms with Gasteiger partial charge in [-0.05, 0) is 30.3 Å². The van der Waals surface area contributed by atoms with Crippen molar-refractivity contribution in [3.63, 3.8) is 0 Å². The minimum Gasteiger partial charge on any atom is -0.486 e. The minimum absolute atomic E-state index is 0.122. The lowest BCUT2D eigenvalue weighted by Gasteiger charge is -2.26. The van der Waals surface area contributed by atoms with Crippen molar-refractivity contribution in [1.82, 2.24) is 9.13 Å². The third-order valence-electron chi connectivity index (χ3n) is 4.74. The number of carboxylic acids is 1. The van der Waals surface area contributed by atoms with Gasteiger partial charge in [-0.3, -0.25) is 9.13 Å². The van der Waals surface area contributed by atoms with Crippen LogP contribution in [-0.2, 0) is 17.8 Å². The van der Waals surface area contributed by atoms with E-state index >= 15 is 0 Å². The highest BCUT2D eigenvalue weighted by Crippen LogP contribution is 2.31. The molecule has 1 aliphatic rings. The second kappa shape index (κ2) is 7.40. The summed E-state index contributed by atoms with van der Waals surface area (Å²) in [7, 11) is 1.57. The van der Waals surface area contributed by atoms with E-state index in [4.69, 9.17) is 14.2 Å². The molecule has 0 bridgehead atoms. The number of carboxylic acid groups (broad SMARTS) is 1. The molecule has 1 unspecified atom stereocenters. The maximum Gasteiger partial charge on any atom is 0.335 e. The molecule has 0 radical (unpaired) electrons. The first-order valence-corrected chi connectivity index (χ1v) is 8.92. The van der Waals surface area contributed by atoms with E-state index < -0.39 is 5.97 Å². The predicted molar refractivity (Wildman–Crippen MR) is 101 cm³/mol. The third kappa shape index (κ3) is 3.22. The summed E-state index contributed by atoms with van der Waals surface area (Å²) >= 11 is 0. The smallest absolute Gasteiger partial charge is 0.335 e. The molecule has 3 aromatic rings. The Balaban J connectivity index is 1.73. The molecule has 0 saturated heterocycles. The van der Waals surface area contributed by atoms with Crippen molar-refractivity contribution in [3.05, 3.63) is 58.5 Å². The molecule has 8 nitrogen and oxygen atoms in total. The minimum atomic E-state index is -1.04. The van der Waals surface area contributed by atoms with Crippen molar-refractivity contribution >= 4 is 17.0 Å². The van der Waals surface area contributed by atoms with Gasteiger partial charge < -0.3 is 19.3 Å². The zero-order valence-corrected chi connectivity index (χ0v) is 15.3. The fourth-order valence-corrected chi connectivity index (χ4v) is 3.38. The number of fused-ring (bicyclic) bond motifs is 2. The van der Waals surface area contributed by atoms with Gasteiger partial charge in [-0.2, -0.15) is 0 Å². The first-order valence-electron chi connectivity index (χ1n) is 8.92. The monoisotopic (exact) mass is 384 g/mol. The molecule has 0 fully saturated rings. The van der Waals surface area contributed by atoms with E-state index in [2.05, 4.69) is 0 Å². The molecule has 2 heterocycles. The largest absolute Gasteiger partial charge is 0.486 e. The van der Waals surface area contributed by atoms with Crippen LogP contribution in [0.1, 0.15) is 10.4 Å². The molecule has 1 aromatic heterocycles. The van der Waals surface area contributed by atoms with Crippen molar-refractivity contribution in [2.24, 2.45) is 0 Å². The number of hydrogen-bond donors (Lipinski definition) is 1. The number of aromatic carboxylic acids is 1. The van der Waals surface area contributed by atoms with Gasteiger partial charge in [0.05, 0.1) is 36.3 Å². The fourth-order valence-electron chi connectivity index (χ4n) is 3.38. The highest BCUT2D eigenvalue weighted by molar-refractivity contribution is 5.92. The fraction of sp³-hybridized carbons (Fsp3) is 0.300. The standard InChI is InChI=1S/C20H20N2O6/c1-26-9-8-21-15-7-6-13(19(23)24)10-16(15)22(20(21)25)11-14-12-27-17-4-2-3-5-18(17)28-14/h2-7,10,14H,8-9,11-12H2,1H3,(H,23,24). The van der Waals surface area contributed by atoms with E-state index in [9.17, 15) is 14.7 Å². The number of benzene rings is 2. The molecule has 0 saturated carbocycles. The first-order chi connectivity index (χ1) is 13.6. The van der Waals surface area contributed by atoms with E-state index in [1.807, 2.05) is 24.3 Å². The Bertz CT molecular complexity index is 1080. The topological polar surface area (TPSA) is 91.9 Å². The average Bonchev–Trinajstić information content (AvgIpc) is 2.97. The summed E-state index contributed by atoms with van der Waals surface area (Å²) in [5, 5.41) is 9.32. The van der Waals surface area contributed by atoms with Gasteiger partial charge in [-0.25, -0.2) is 9.59 Å². The molecular weight excluding hydrogens is 364 g/mol. The van der Waals surface area contributed by atoms with Crippen molar-refractivity contribution < 1.29 is 24.1 Å². The van der Waals surface area contributed by atoms with Crippen LogP contribution in [0.4, 0.5) is 0 Å². The van der Waals surface area contributed by atoms with Crippen molar-refractivity contribution in [1.29, 1.82) is 0 Å². The highest BCUT2D eigenvalue weighted by Gasteiger charge is 2.24. The molecule has 28 heavy (non-hydrogen) atoms. The van der Waals surface area contributed by atoms with Crippen LogP contribution in [0.3, 0.4) is 0 Å². The van der Waals surface area contributed by atoms with Crippen LogP contribution in [0.15, 0.2) is 47.3 Å². The summed E-state index contributed by atoms with van der Waals surface area (Å²) in [5.41, 5.74) is 1.08. The zero-order chi connectivity index (χ0) is 19.7. The van der Waals surface area contributed by atoms with Crippen LogP contribution in [0.2, 0.25) is 0 Å². The van der Waals surface area contributed by atoms with Gasteiger partial charge in [0.25, 0.3) is 0 Å². The maximum atomic E-state index is 13.0. The van der Waals surface area contributed by atoms with Gasteiger partial charge in [-0.1, -0.05) is 12.1 Å².